The first-order chi connectivity index (χ1) is 9.34. The van der Waals surface area contributed by atoms with Crippen LogP contribution in [0.1, 0.15) is 25.7 Å². The summed E-state index contributed by atoms with van der Waals surface area (Å²) < 4.78 is 52.1. The maximum Gasteiger partial charge on any atom is 0.243 e. The zero-order valence-corrected chi connectivity index (χ0v) is 12.0. The van der Waals surface area contributed by atoms with Crippen molar-refractivity contribution in [1.82, 2.24) is 4.31 Å². The minimum Gasteiger partial charge on any atom is -0.326 e. The van der Waals surface area contributed by atoms with Gasteiger partial charge < -0.3 is 5.73 Å². The monoisotopic (exact) mass is 304 g/mol. The van der Waals surface area contributed by atoms with Gasteiger partial charge in [-0.2, -0.15) is 4.31 Å². The first kappa shape index (κ1) is 15.3. The summed E-state index contributed by atoms with van der Waals surface area (Å²) in [6.07, 6.45) is 3.34. The van der Waals surface area contributed by atoms with Crippen LogP contribution in [0.2, 0.25) is 0 Å². The maximum absolute atomic E-state index is 13.2. The van der Waals surface area contributed by atoms with Crippen LogP contribution in [0, 0.1) is 11.6 Å². The van der Waals surface area contributed by atoms with E-state index < -0.39 is 21.7 Å². The van der Waals surface area contributed by atoms with Crippen molar-refractivity contribution in [2.24, 2.45) is 5.73 Å². The lowest BCUT2D eigenvalue weighted by Crippen LogP contribution is -2.50. The third-order valence-corrected chi connectivity index (χ3v) is 5.70. The molecule has 0 amide bonds. The van der Waals surface area contributed by atoms with E-state index in [1.165, 1.54) is 11.4 Å². The SMILES string of the molecule is CN(C1CCCCC1N)S(=O)(=O)c1ccc(F)c(F)c1. The Morgan fingerprint density at radius 1 is 1.20 bits per heavy atom. The molecule has 2 atom stereocenters. The van der Waals surface area contributed by atoms with Crippen molar-refractivity contribution < 1.29 is 17.2 Å². The molecule has 1 aromatic carbocycles. The summed E-state index contributed by atoms with van der Waals surface area (Å²) in [5.41, 5.74) is 5.97. The Hall–Kier alpha value is -1.05. The van der Waals surface area contributed by atoms with Gasteiger partial charge in [-0.3, -0.25) is 0 Å². The lowest BCUT2D eigenvalue weighted by Gasteiger charge is -2.35. The number of hydrogen-bond donors (Lipinski definition) is 1. The van der Waals surface area contributed by atoms with E-state index >= 15 is 0 Å². The van der Waals surface area contributed by atoms with Gasteiger partial charge in [0, 0.05) is 19.1 Å². The van der Waals surface area contributed by atoms with Crippen LogP contribution in [0.15, 0.2) is 23.1 Å². The van der Waals surface area contributed by atoms with E-state index in [1.807, 2.05) is 0 Å². The highest BCUT2D eigenvalue weighted by Gasteiger charge is 2.33. The molecule has 1 aliphatic carbocycles. The average Bonchev–Trinajstić information content (AvgIpc) is 2.41. The van der Waals surface area contributed by atoms with Gasteiger partial charge in [0.25, 0.3) is 0 Å². The van der Waals surface area contributed by atoms with Gasteiger partial charge in [-0.05, 0) is 31.0 Å². The number of rotatable bonds is 3. The van der Waals surface area contributed by atoms with Crippen LogP contribution < -0.4 is 5.73 Å². The fourth-order valence-corrected chi connectivity index (χ4v) is 4.02. The van der Waals surface area contributed by atoms with Crippen LogP contribution in [0.3, 0.4) is 0 Å². The number of hydrogen-bond acceptors (Lipinski definition) is 3. The normalized spacial score (nSPS) is 24.1. The van der Waals surface area contributed by atoms with E-state index in [9.17, 15) is 17.2 Å². The van der Waals surface area contributed by atoms with E-state index in [0.29, 0.717) is 12.5 Å². The number of nitrogens with zero attached hydrogens (tertiary/aromatic N) is 1. The van der Waals surface area contributed by atoms with Crippen molar-refractivity contribution in [1.29, 1.82) is 0 Å². The van der Waals surface area contributed by atoms with Gasteiger partial charge in [-0.25, -0.2) is 17.2 Å². The number of halogens is 2. The van der Waals surface area contributed by atoms with Crippen LogP contribution in [-0.2, 0) is 10.0 Å². The summed E-state index contributed by atoms with van der Waals surface area (Å²) in [6.45, 7) is 0. The first-order valence-electron chi connectivity index (χ1n) is 6.52. The summed E-state index contributed by atoms with van der Waals surface area (Å²) in [5, 5.41) is 0. The number of nitrogens with two attached hydrogens (primary N) is 1. The number of likely N-dealkylation sites (N-methyl/N-ethyl adjacent to an activating group) is 1. The minimum absolute atomic E-state index is 0.228. The molecule has 20 heavy (non-hydrogen) atoms. The van der Waals surface area contributed by atoms with Crippen LogP contribution in [0.25, 0.3) is 0 Å². The van der Waals surface area contributed by atoms with Gasteiger partial charge in [0.1, 0.15) is 0 Å². The standard InChI is InChI=1S/C13H18F2N2O2S/c1-17(13-5-3-2-4-12(13)16)20(18,19)9-6-7-10(14)11(15)8-9/h6-8,12-13H,2-5,16H2,1H3. The molecular formula is C13H18F2N2O2S. The largest absolute Gasteiger partial charge is 0.326 e. The van der Waals surface area contributed by atoms with Crippen LogP contribution in [0.4, 0.5) is 8.78 Å². The molecule has 0 radical (unpaired) electrons. The molecule has 1 fully saturated rings. The molecule has 0 aliphatic heterocycles. The molecular weight excluding hydrogens is 286 g/mol. The topological polar surface area (TPSA) is 63.4 Å². The highest BCUT2D eigenvalue weighted by molar-refractivity contribution is 7.89. The lowest BCUT2D eigenvalue weighted by atomic mass is 9.91. The van der Waals surface area contributed by atoms with Gasteiger partial charge in [0.05, 0.1) is 4.90 Å². The molecule has 4 nitrogen and oxygen atoms in total. The smallest absolute Gasteiger partial charge is 0.243 e. The Bertz CT molecular complexity index is 592. The van der Waals surface area contributed by atoms with Crippen molar-refractivity contribution in [3.8, 4) is 0 Å². The van der Waals surface area contributed by atoms with Gasteiger partial charge in [-0.15, -0.1) is 0 Å². The Morgan fingerprint density at radius 2 is 1.85 bits per heavy atom. The first-order valence-corrected chi connectivity index (χ1v) is 7.96. The van der Waals surface area contributed by atoms with E-state index in [-0.39, 0.29) is 17.0 Å². The molecule has 0 spiro atoms. The van der Waals surface area contributed by atoms with Gasteiger partial charge in [-0.1, -0.05) is 12.8 Å². The molecule has 1 aromatic rings. The zero-order valence-electron chi connectivity index (χ0n) is 11.2. The quantitative estimate of drug-likeness (QED) is 0.927. The van der Waals surface area contributed by atoms with Crippen LogP contribution >= 0.6 is 0 Å². The molecule has 2 rings (SSSR count). The Morgan fingerprint density at radius 3 is 2.45 bits per heavy atom. The second-order valence-electron chi connectivity index (χ2n) is 5.11. The average molecular weight is 304 g/mol. The van der Waals surface area contributed by atoms with Crippen molar-refractivity contribution in [2.75, 3.05) is 7.05 Å². The summed E-state index contributed by atoms with van der Waals surface area (Å²) in [7, 11) is -2.43. The minimum atomic E-state index is -3.86. The Kier molecular flexibility index (Phi) is 4.41. The number of benzene rings is 1. The summed E-state index contributed by atoms with van der Waals surface area (Å²) >= 11 is 0. The van der Waals surface area contributed by atoms with Gasteiger partial charge in [0.2, 0.25) is 10.0 Å². The highest BCUT2D eigenvalue weighted by atomic mass is 32.2. The zero-order chi connectivity index (χ0) is 14.9. The molecule has 1 saturated carbocycles. The number of sulfonamides is 1. The molecule has 0 aromatic heterocycles. The van der Waals surface area contributed by atoms with Crippen molar-refractivity contribution in [2.45, 2.75) is 42.7 Å². The van der Waals surface area contributed by atoms with E-state index in [4.69, 9.17) is 5.73 Å². The predicted octanol–water partition coefficient (Wildman–Crippen LogP) is 1.86. The summed E-state index contributed by atoms with van der Waals surface area (Å²) in [4.78, 5) is -0.253. The second kappa shape index (κ2) is 5.75. The lowest BCUT2D eigenvalue weighted by molar-refractivity contribution is 0.252. The fraction of sp³-hybridized carbons (Fsp3) is 0.538. The molecule has 1 aliphatic rings. The van der Waals surface area contributed by atoms with Crippen molar-refractivity contribution in [3.63, 3.8) is 0 Å². The van der Waals surface area contributed by atoms with Crippen LogP contribution in [-0.4, -0.2) is 31.9 Å². The van der Waals surface area contributed by atoms with E-state index in [1.54, 1.807) is 0 Å². The fourth-order valence-electron chi connectivity index (χ4n) is 2.57. The third kappa shape index (κ3) is 2.84. The summed E-state index contributed by atoms with van der Waals surface area (Å²) in [6, 6.07) is 2.06. The van der Waals surface area contributed by atoms with Gasteiger partial charge >= 0.3 is 0 Å². The third-order valence-electron chi connectivity index (χ3n) is 3.82. The second-order valence-corrected chi connectivity index (χ2v) is 7.11. The molecule has 0 heterocycles. The maximum atomic E-state index is 13.2. The predicted molar refractivity (Wildman–Crippen MR) is 71.5 cm³/mol. The van der Waals surface area contributed by atoms with E-state index in [2.05, 4.69) is 0 Å². The van der Waals surface area contributed by atoms with Gasteiger partial charge in [0.15, 0.2) is 11.6 Å². The highest BCUT2D eigenvalue weighted by Crippen LogP contribution is 2.26. The van der Waals surface area contributed by atoms with Crippen molar-refractivity contribution >= 4 is 10.0 Å². The molecule has 0 bridgehead atoms. The molecule has 2 N–H and O–H groups in total. The molecule has 112 valence electrons. The molecule has 0 saturated heterocycles. The molecule has 2 unspecified atom stereocenters. The Balaban J connectivity index is 2.31. The molecule has 7 heteroatoms. The summed E-state index contributed by atoms with van der Waals surface area (Å²) in [5.74, 6) is -2.24. The Labute approximate surface area is 117 Å². The van der Waals surface area contributed by atoms with Crippen LogP contribution in [0.5, 0.6) is 0 Å². The van der Waals surface area contributed by atoms with Crippen molar-refractivity contribution in [3.05, 3.63) is 29.8 Å². The van der Waals surface area contributed by atoms with E-state index in [0.717, 1.165) is 31.4 Å².